The van der Waals surface area contributed by atoms with Crippen LogP contribution in [0.3, 0.4) is 0 Å². The molecule has 1 aliphatic heterocycles. The third-order valence-electron chi connectivity index (χ3n) is 1.97. The van der Waals surface area contributed by atoms with Gasteiger partial charge in [-0.2, -0.15) is 12.7 Å². The maximum absolute atomic E-state index is 10.9. The topological polar surface area (TPSA) is 116 Å². The van der Waals surface area contributed by atoms with Crippen LogP contribution in [0.2, 0.25) is 0 Å². The highest BCUT2D eigenvalue weighted by atomic mass is 32.2. The number of primary amides is 1. The van der Waals surface area contributed by atoms with Crippen molar-refractivity contribution in [3.8, 4) is 0 Å². The normalized spacial score (nSPS) is 23.1. The van der Waals surface area contributed by atoms with Crippen LogP contribution >= 0.6 is 0 Å². The van der Waals surface area contributed by atoms with Crippen LogP contribution in [0.15, 0.2) is 0 Å². The molecule has 1 aliphatic rings. The van der Waals surface area contributed by atoms with Crippen molar-refractivity contribution in [1.29, 1.82) is 0 Å². The summed E-state index contributed by atoms with van der Waals surface area (Å²) < 4.78 is 27.8. The molecule has 1 rings (SSSR count). The number of ether oxygens (including phenoxy) is 1. The van der Waals surface area contributed by atoms with E-state index in [2.05, 4.69) is 0 Å². The molecular weight excluding hydrogens is 210 g/mol. The summed E-state index contributed by atoms with van der Waals surface area (Å²) in [6.07, 6.45) is 0.690. The van der Waals surface area contributed by atoms with Crippen LogP contribution < -0.4 is 10.9 Å². The zero-order chi connectivity index (χ0) is 10.8. The van der Waals surface area contributed by atoms with Crippen LogP contribution in [-0.2, 0) is 19.7 Å². The molecule has 1 saturated heterocycles. The minimum absolute atomic E-state index is 0.152. The Bertz CT molecular complexity index is 315. The third-order valence-corrected chi connectivity index (χ3v) is 3.11. The number of hydrogen-bond acceptors (Lipinski definition) is 4. The Hall–Kier alpha value is -0.700. The molecule has 1 amide bonds. The molecule has 0 bridgehead atoms. The van der Waals surface area contributed by atoms with E-state index in [1.165, 1.54) is 0 Å². The van der Waals surface area contributed by atoms with Gasteiger partial charge in [0, 0.05) is 6.54 Å². The zero-order valence-electron chi connectivity index (χ0n) is 7.55. The van der Waals surface area contributed by atoms with E-state index in [0.29, 0.717) is 13.0 Å². The van der Waals surface area contributed by atoms with E-state index < -0.39 is 16.1 Å². The SMILES string of the molecule is NC(=O)COCC1CCN1S(N)(=O)=O. The van der Waals surface area contributed by atoms with E-state index in [0.717, 1.165) is 4.31 Å². The number of nitrogens with two attached hydrogens (primary N) is 2. The van der Waals surface area contributed by atoms with E-state index in [1.807, 2.05) is 0 Å². The summed E-state index contributed by atoms with van der Waals surface area (Å²) in [5.41, 5.74) is 4.84. The quantitative estimate of drug-likeness (QED) is 0.548. The molecule has 82 valence electrons. The average molecular weight is 223 g/mol. The molecule has 1 unspecified atom stereocenters. The molecule has 1 atom stereocenters. The molecule has 0 saturated carbocycles. The Kier molecular flexibility index (Phi) is 3.43. The Morgan fingerprint density at radius 2 is 2.21 bits per heavy atom. The summed E-state index contributed by atoms with van der Waals surface area (Å²) in [5.74, 6) is -0.577. The van der Waals surface area contributed by atoms with Crippen molar-refractivity contribution >= 4 is 16.1 Å². The highest BCUT2D eigenvalue weighted by molar-refractivity contribution is 7.86. The average Bonchev–Trinajstić information content (AvgIpc) is 1.91. The molecule has 0 aromatic carbocycles. The van der Waals surface area contributed by atoms with Crippen molar-refractivity contribution in [2.75, 3.05) is 19.8 Å². The zero-order valence-corrected chi connectivity index (χ0v) is 8.37. The van der Waals surface area contributed by atoms with Crippen molar-refractivity contribution in [3.63, 3.8) is 0 Å². The molecule has 0 spiro atoms. The second-order valence-corrected chi connectivity index (χ2v) is 4.58. The summed E-state index contributed by atoms with van der Waals surface area (Å²) in [4.78, 5) is 10.3. The highest BCUT2D eigenvalue weighted by Crippen LogP contribution is 2.19. The molecule has 1 heterocycles. The van der Waals surface area contributed by atoms with E-state index in [-0.39, 0.29) is 19.3 Å². The maximum atomic E-state index is 10.9. The predicted molar refractivity (Wildman–Crippen MR) is 48.2 cm³/mol. The van der Waals surface area contributed by atoms with E-state index in [9.17, 15) is 13.2 Å². The lowest BCUT2D eigenvalue weighted by Crippen LogP contribution is -2.55. The standard InChI is InChI=1S/C6H13N3O4S/c7-6(10)4-13-3-5-1-2-9(5)14(8,11)12/h5H,1-4H2,(H2,7,10)(H2,8,11,12). The minimum Gasteiger partial charge on any atom is -0.370 e. The summed E-state index contributed by atoms with van der Waals surface area (Å²) in [6, 6.07) is -0.260. The molecular formula is C6H13N3O4S. The lowest BCUT2D eigenvalue weighted by atomic mass is 10.1. The van der Waals surface area contributed by atoms with Gasteiger partial charge in [0.05, 0.1) is 12.6 Å². The van der Waals surface area contributed by atoms with Crippen LogP contribution in [-0.4, -0.2) is 44.4 Å². The third kappa shape index (κ3) is 2.91. The van der Waals surface area contributed by atoms with Gasteiger partial charge in [-0.05, 0) is 6.42 Å². The van der Waals surface area contributed by atoms with Crippen molar-refractivity contribution in [1.82, 2.24) is 4.31 Å². The van der Waals surface area contributed by atoms with Gasteiger partial charge < -0.3 is 10.5 Å². The van der Waals surface area contributed by atoms with Gasteiger partial charge in [-0.3, -0.25) is 4.79 Å². The smallest absolute Gasteiger partial charge is 0.277 e. The Labute approximate surface area is 82.2 Å². The van der Waals surface area contributed by atoms with E-state index in [1.54, 1.807) is 0 Å². The molecule has 0 aromatic rings. The molecule has 8 heteroatoms. The predicted octanol–water partition coefficient (Wildman–Crippen LogP) is -2.23. The van der Waals surface area contributed by atoms with E-state index >= 15 is 0 Å². The van der Waals surface area contributed by atoms with Gasteiger partial charge in [0.1, 0.15) is 6.61 Å². The Morgan fingerprint density at radius 1 is 1.57 bits per heavy atom. The fraction of sp³-hybridized carbons (Fsp3) is 0.833. The number of rotatable bonds is 5. The largest absolute Gasteiger partial charge is 0.370 e. The molecule has 7 nitrogen and oxygen atoms in total. The molecule has 4 N–H and O–H groups in total. The highest BCUT2D eigenvalue weighted by Gasteiger charge is 2.35. The first-order chi connectivity index (χ1) is 6.41. The summed E-state index contributed by atoms with van der Waals surface area (Å²) in [7, 11) is -3.63. The van der Waals surface area contributed by atoms with Gasteiger partial charge in [0.15, 0.2) is 0 Å². The first kappa shape index (κ1) is 11.4. The summed E-state index contributed by atoms with van der Waals surface area (Å²) in [5, 5.41) is 4.91. The fourth-order valence-electron chi connectivity index (χ4n) is 1.21. The number of hydrogen-bond donors (Lipinski definition) is 2. The van der Waals surface area contributed by atoms with Crippen molar-refractivity contribution < 1.29 is 17.9 Å². The first-order valence-electron chi connectivity index (χ1n) is 4.07. The number of carbonyl (C=O) groups is 1. The maximum Gasteiger partial charge on any atom is 0.277 e. The summed E-state index contributed by atoms with van der Waals surface area (Å²) in [6.45, 7) is 0.359. The molecule has 0 radical (unpaired) electrons. The monoisotopic (exact) mass is 223 g/mol. The Morgan fingerprint density at radius 3 is 2.57 bits per heavy atom. The molecule has 0 aliphatic carbocycles. The van der Waals surface area contributed by atoms with Crippen molar-refractivity contribution in [3.05, 3.63) is 0 Å². The Balaban J connectivity index is 2.30. The van der Waals surface area contributed by atoms with Crippen LogP contribution in [0.4, 0.5) is 0 Å². The van der Waals surface area contributed by atoms with Gasteiger partial charge in [0.2, 0.25) is 5.91 Å². The van der Waals surface area contributed by atoms with E-state index in [4.69, 9.17) is 15.6 Å². The van der Waals surface area contributed by atoms with Crippen LogP contribution in [0.25, 0.3) is 0 Å². The molecule has 14 heavy (non-hydrogen) atoms. The minimum atomic E-state index is -3.63. The van der Waals surface area contributed by atoms with Gasteiger partial charge in [0.25, 0.3) is 10.2 Å². The van der Waals surface area contributed by atoms with Crippen molar-refractivity contribution in [2.45, 2.75) is 12.5 Å². The van der Waals surface area contributed by atoms with Crippen LogP contribution in [0.5, 0.6) is 0 Å². The fourth-order valence-corrected chi connectivity index (χ4v) is 2.16. The molecule has 0 aromatic heterocycles. The van der Waals surface area contributed by atoms with Gasteiger partial charge in [-0.15, -0.1) is 0 Å². The second kappa shape index (κ2) is 4.22. The van der Waals surface area contributed by atoms with Gasteiger partial charge >= 0.3 is 0 Å². The first-order valence-corrected chi connectivity index (χ1v) is 5.57. The summed E-state index contributed by atoms with van der Waals surface area (Å²) >= 11 is 0. The number of carbonyl (C=O) groups excluding carboxylic acids is 1. The lowest BCUT2D eigenvalue weighted by molar-refractivity contribution is -0.123. The number of nitrogens with zero attached hydrogens (tertiary/aromatic N) is 1. The van der Waals surface area contributed by atoms with Crippen molar-refractivity contribution in [2.24, 2.45) is 10.9 Å². The van der Waals surface area contributed by atoms with Crippen LogP contribution in [0, 0.1) is 0 Å². The second-order valence-electron chi connectivity index (χ2n) is 3.08. The molecule has 1 fully saturated rings. The van der Waals surface area contributed by atoms with Gasteiger partial charge in [-0.25, -0.2) is 5.14 Å². The van der Waals surface area contributed by atoms with Gasteiger partial charge in [-0.1, -0.05) is 0 Å². The number of amides is 1. The lowest BCUT2D eigenvalue weighted by Gasteiger charge is -2.37. The van der Waals surface area contributed by atoms with Crippen LogP contribution in [0.1, 0.15) is 6.42 Å².